The van der Waals surface area contributed by atoms with E-state index in [1.165, 1.54) is 0 Å². The second-order valence-electron chi connectivity index (χ2n) is 5.10. The van der Waals surface area contributed by atoms with Gasteiger partial charge in [0.1, 0.15) is 11.6 Å². The maximum atomic E-state index is 6.17. The second kappa shape index (κ2) is 9.82. The van der Waals surface area contributed by atoms with Gasteiger partial charge in [0.15, 0.2) is 11.5 Å². The highest BCUT2D eigenvalue weighted by atomic mass is 35.5. The lowest BCUT2D eigenvalue weighted by Gasteiger charge is -2.14. The van der Waals surface area contributed by atoms with Gasteiger partial charge in [0.2, 0.25) is 0 Å². The highest BCUT2D eigenvalue weighted by molar-refractivity contribution is 7.80. The molecular weight excluding hydrogens is 381 g/mol. The summed E-state index contributed by atoms with van der Waals surface area (Å²) in [6.45, 7) is 1.46. The van der Waals surface area contributed by atoms with Crippen LogP contribution in [0.1, 0.15) is 11.1 Å². The molecule has 25 heavy (non-hydrogen) atoms. The Hall–Kier alpha value is -1.53. The third kappa shape index (κ3) is 5.47. The van der Waals surface area contributed by atoms with Crippen molar-refractivity contribution in [3.8, 4) is 11.5 Å². The molecule has 0 spiro atoms. The molecule has 0 fully saturated rings. The van der Waals surface area contributed by atoms with E-state index >= 15 is 0 Å². The predicted molar refractivity (Wildman–Crippen MR) is 105 cm³/mol. The van der Waals surface area contributed by atoms with Crippen molar-refractivity contribution in [3.05, 3.63) is 57.6 Å². The lowest BCUT2D eigenvalue weighted by atomic mass is 10.2. The first-order chi connectivity index (χ1) is 12.1. The van der Waals surface area contributed by atoms with E-state index in [9.17, 15) is 0 Å². The minimum absolute atomic E-state index is 0.241. The Morgan fingerprint density at radius 2 is 1.80 bits per heavy atom. The fourth-order valence-corrected chi connectivity index (χ4v) is 2.85. The van der Waals surface area contributed by atoms with Crippen molar-refractivity contribution in [3.63, 3.8) is 0 Å². The van der Waals surface area contributed by atoms with Crippen molar-refractivity contribution in [2.24, 2.45) is 0 Å². The zero-order valence-corrected chi connectivity index (χ0v) is 16.3. The van der Waals surface area contributed by atoms with Gasteiger partial charge < -0.3 is 19.5 Å². The Kier molecular flexibility index (Phi) is 7.78. The summed E-state index contributed by atoms with van der Waals surface area (Å²) in [6, 6.07) is 10.8. The molecule has 4 nitrogen and oxygen atoms in total. The van der Waals surface area contributed by atoms with E-state index in [0.717, 1.165) is 11.1 Å². The summed E-state index contributed by atoms with van der Waals surface area (Å²) in [5.74, 6) is 1.17. The number of hydrogen-bond acceptors (Lipinski definition) is 4. The topological polar surface area (TPSA) is 39.7 Å². The average Bonchev–Trinajstić information content (AvgIpc) is 2.61. The average molecular weight is 400 g/mol. The quantitative estimate of drug-likeness (QED) is 0.522. The highest BCUT2D eigenvalue weighted by Gasteiger charge is 2.11. The molecule has 0 saturated heterocycles. The number of methoxy groups -OCH3 is 2. The largest absolute Gasteiger partial charge is 0.493 e. The van der Waals surface area contributed by atoms with Crippen LogP contribution in [0.25, 0.3) is 0 Å². The van der Waals surface area contributed by atoms with E-state index in [4.69, 9.17) is 49.6 Å². The number of thiocarbonyl (C=S) groups is 1. The maximum Gasteiger partial charge on any atom is 0.161 e. The number of rotatable bonds is 8. The molecule has 0 aliphatic heterocycles. The van der Waals surface area contributed by atoms with Crippen molar-refractivity contribution >= 4 is 40.4 Å². The van der Waals surface area contributed by atoms with Crippen LogP contribution in [-0.2, 0) is 11.3 Å². The number of ether oxygens (including phenoxy) is 3. The summed E-state index contributed by atoms with van der Waals surface area (Å²) in [7, 11) is 3.22. The summed E-state index contributed by atoms with van der Waals surface area (Å²) < 4.78 is 16.2. The van der Waals surface area contributed by atoms with Crippen LogP contribution in [0.15, 0.2) is 36.4 Å². The monoisotopic (exact) mass is 399 g/mol. The fraction of sp³-hybridized carbons (Fsp3) is 0.278. The van der Waals surface area contributed by atoms with Crippen molar-refractivity contribution in [1.29, 1.82) is 0 Å². The molecule has 1 N–H and O–H groups in total. The van der Waals surface area contributed by atoms with E-state index in [0.29, 0.717) is 39.7 Å². The molecule has 0 saturated carbocycles. The van der Waals surface area contributed by atoms with Crippen molar-refractivity contribution in [1.82, 2.24) is 5.32 Å². The van der Waals surface area contributed by atoms with Crippen molar-refractivity contribution < 1.29 is 14.2 Å². The maximum absolute atomic E-state index is 6.17. The molecular formula is C18H19Cl2NO3S. The summed E-state index contributed by atoms with van der Waals surface area (Å²) >= 11 is 17.7. The van der Waals surface area contributed by atoms with Gasteiger partial charge in [-0.05, 0) is 30.3 Å². The Bertz CT molecular complexity index is 720. The van der Waals surface area contributed by atoms with E-state index < -0.39 is 0 Å². The molecule has 2 aromatic carbocycles. The number of hydrogen-bond donors (Lipinski definition) is 1. The second-order valence-corrected chi connectivity index (χ2v) is 6.33. The number of benzene rings is 2. The molecule has 0 aromatic heterocycles. The molecule has 0 aliphatic rings. The molecule has 0 heterocycles. The minimum Gasteiger partial charge on any atom is -0.493 e. The van der Waals surface area contributed by atoms with Gasteiger partial charge in [-0.1, -0.05) is 41.5 Å². The molecule has 7 heteroatoms. The number of halogens is 2. The standard InChI is InChI=1S/C18H19Cl2NO3S/c1-22-9-8-21-18(25)12-6-7-16(17(10-12)23-2)24-11-13-14(19)4-3-5-15(13)20/h3-7,10H,8-9,11H2,1-2H3,(H,21,25). The Balaban J connectivity index is 2.10. The Morgan fingerprint density at radius 1 is 1.08 bits per heavy atom. The van der Waals surface area contributed by atoms with Gasteiger partial charge in [-0.25, -0.2) is 0 Å². The van der Waals surface area contributed by atoms with Gasteiger partial charge in [0.05, 0.1) is 13.7 Å². The third-order valence-electron chi connectivity index (χ3n) is 3.45. The van der Waals surface area contributed by atoms with Crippen molar-refractivity contribution in [2.75, 3.05) is 27.4 Å². The first-order valence-electron chi connectivity index (χ1n) is 7.57. The van der Waals surface area contributed by atoms with Crippen LogP contribution in [0.2, 0.25) is 10.0 Å². The van der Waals surface area contributed by atoms with Crippen LogP contribution in [0.5, 0.6) is 11.5 Å². The van der Waals surface area contributed by atoms with Crippen LogP contribution < -0.4 is 14.8 Å². The smallest absolute Gasteiger partial charge is 0.161 e. The normalized spacial score (nSPS) is 10.4. The van der Waals surface area contributed by atoms with Crippen LogP contribution in [0, 0.1) is 0 Å². The van der Waals surface area contributed by atoms with Gasteiger partial charge in [-0.3, -0.25) is 0 Å². The van der Waals surface area contributed by atoms with E-state index in [-0.39, 0.29) is 6.61 Å². The van der Waals surface area contributed by atoms with Gasteiger partial charge in [0.25, 0.3) is 0 Å². The van der Waals surface area contributed by atoms with Crippen LogP contribution in [0.4, 0.5) is 0 Å². The minimum atomic E-state index is 0.241. The van der Waals surface area contributed by atoms with Gasteiger partial charge >= 0.3 is 0 Å². The van der Waals surface area contributed by atoms with Crippen LogP contribution in [-0.4, -0.2) is 32.4 Å². The zero-order chi connectivity index (χ0) is 18.2. The molecule has 0 aliphatic carbocycles. The molecule has 0 bridgehead atoms. The fourth-order valence-electron chi connectivity index (χ4n) is 2.12. The summed E-state index contributed by atoms with van der Waals surface area (Å²) in [5, 5.41) is 4.24. The Morgan fingerprint density at radius 3 is 2.44 bits per heavy atom. The molecule has 0 unspecified atom stereocenters. The lowest BCUT2D eigenvalue weighted by Crippen LogP contribution is -2.26. The molecule has 2 rings (SSSR count). The predicted octanol–water partition coefficient (Wildman–Crippen LogP) is 4.49. The summed E-state index contributed by atoms with van der Waals surface area (Å²) in [4.78, 5) is 0.621. The van der Waals surface area contributed by atoms with Crippen LogP contribution >= 0.6 is 35.4 Å². The van der Waals surface area contributed by atoms with E-state index in [1.807, 2.05) is 18.2 Å². The SMILES string of the molecule is COCCNC(=S)c1ccc(OCc2c(Cl)cccc2Cl)c(OC)c1. The van der Waals surface area contributed by atoms with Gasteiger partial charge in [0, 0.05) is 34.8 Å². The third-order valence-corrected chi connectivity index (χ3v) is 4.54. The molecule has 2 aromatic rings. The first-order valence-corrected chi connectivity index (χ1v) is 8.74. The summed E-state index contributed by atoms with van der Waals surface area (Å²) in [5.41, 5.74) is 1.57. The highest BCUT2D eigenvalue weighted by Crippen LogP contribution is 2.31. The first kappa shape index (κ1) is 19.8. The zero-order valence-electron chi connectivity index (χ0n) is 14.0. The summed E-state index contributed by atoms with van der Waals surface area (Å²) in [6.07, 6.45) is 0. The molecule has 0 amide bonds. The van der Waals surface area contributed by atoms with Crippen molar-refractivity contribution in [2.45, 2.75) is 6.61 Å². The van der Waals surface area contributed by atoms with Gasteiger partial charge in [-0.2, -0.15) is 0 Å². The van der Waals surface area contributed by atoms with Gasteiger partial charge in [-0.15, -0.1) is 0 Å². The van der Waals surface area contributed by atoms with E-state index in [2.05, 4.69) is 5.32 Å². The van der Waals surface area contributed by atoms with E-state index in [1.54, 1.807) is 32.4 Å². The number of nitrogens with one attached hydrogen (secondary N) is 1. The Labute approximate surface area is 163 Å². The molecule has 0 atom stereocenters. The lowest BCUT2D eigenvalue weighted by molar-refractivity contribution is 0.204. The molecule has 134 valence electrons. The van der Waals surface area contributed by atoms with Crippen LogP contribution in [0.3, 0.4) is 0 Å². The molecule has 0 radical (unpaired) electrons.